The molecule has 0 saturated carbocycles. The second-order valence-corrected chi connectivity index (χ2v) is 7.45. The van der Waals surface area contributed by atoms with E-state index in [-0.39, 0.29) is 12.5 Å². The molecule has 0 aliphatic carbocycles. The number of pyridine rings is 1. The highest BCUT2D eigenvalue weighted by Gasteiger charge is 2.24. The molecular weight excluding hydrogens is 360 g/mol. The summed E-state index contributed by atoms with van der Waals surface area (Å²) in [5.74, 6) is -0.0330. The molecule has 0 N–H and O–H groups in total. The van der Waals surface area contributed by atoms with Crippen LogP contribution in [0.2, 0.25) is 0 Å². The zero-order valence-electron chi connectivity index (χ0n) is 15.5. The van der Waals surface area contributed by atoms with E-state index in [0.717, 1.165) is 32.4 Å². The van der Waals surface area contributed by atoms with Crippen LogP contribution in [0.25, 0.3) is 0 Å². The molecule has 2 heterocycles. The quantitative estimate of drug-likeness (QED) is 0.564. The molecule has 5 nitrogen and oxygen atoms in total. The summed E-state index contributed by atoms with van der Waals surface area (Å²) < 4.78 is 5.22. The Morgan fingerprint density at radius 3 is 2.59 bits per heavy atom. The van der Waals surface area contributed by atoms with Gasteiger partial charge in [-0.05, 0) is 49.1 Å². The number of aromatic nitrogens is 1. The molecule has 2 aromatic rings. The van der Waals surface area contributed by atoms with Crippen molar-refractivity contribution in [1.82, 2.24) is 9.88 Å². The number of benzene rings is 1. The van der Waals surface area contributed by atoms with Crippen LogP contribution in [0.5, 0.6) is 0 Å². The lowest BCUT2D eigenvalue weighted by molar-refractivity contribution is -0.135. The molecule has 1 fully saturated rings. The Kier molecular flexibility index (Phi) is 6.87. The van der Waals surface area contributed by atoms with E-state index in [4.69, 9.17) is 4.74 Å². The van der Waals surface area contributed by atoms with Crippen molar-refractivity contribution in [2.75, 3.05) is 26.0 Å². The van der Waals surface area contributed by atoms with Crippen LogP contribution in [0, 0.1) is 5.92 Å². The minimum absolute atomic E-state index is 0.129. The molecule has 1 aliphatic heterocycles. The van der Waals surface area contributed by atoms with Gasteiger partial charge in [-0.15, -0.1) is 11.8 Å². The van der Waals surface area contributed by atoms with E-state index in [2.05, 4.69) is 29.2 Å². The largest absolute Gasteiger partial charge is 0.452 e. The van der Waals surface area contributed by atoms with Crippen molar-refractivity contribution in [3.05, 3.63) is 59.8 Å². The number of hydrogen-bond donors (Lipinski definition) is 0. The van der Waals surface area contributed by atoms with Crippen LogP contribution in [0.3, 0.4) is 0 Å². The number of carbonyl (C=O) groups excluding carboxylic acids is 2. The molecule has 1 aromatic carbocycles. The molecule has 6 heteroatoms. The van der Waals surface area contributed by atoms with Gasteiger partial charge in [0.05, 0.1) is 5.56 Å². The Balaban J connectivity index is 1.45. The predicted octanol–water partition coefficient (Wildman–Crippen LogP) is 3.44. The number of hydrogen-bond acceptors (Lipinski definition) is 5. The molecular formula is C21H24N2O3S. The number of nitrogens with zero attached hydrogens (tertiary/aromatic N) is 2. The molecule has 1 amide bonds. The first kappa shape index (κ1) is 19.4. The molecule has 0 unspecified atom stereocenters. The summed E-state index contributed by atoms with van der Waals surface area (Å²) in [5.41, 5.74) is 1.75. The van der Waals surface area contributed by atoms with Crippen molar-refractivity contribution >= 4 is 23.6 Å². The van der Waals surface area contributed by atoms with E-state index in [1.807, 2.05) is 12.3 Å². The van der Waals surface area contributed by atoms with Crippen LogP contribution in [0.15, 0.2) is 53.7 Å². The average molecular weight is 385 g/mol. The standard InChI is InChI=1S/C21H24N2O3S/c1-27-20-18(8-5-11-22-20)21(25)26-15-19(24)23-12-9-17(10-13-23)14-16-6-3-2-4-7-16/h2-8,11,17H,9-10,12-15H2,1H3. The van der Waals surface area contributed by atoms with Gasteiger partial charge in [0.2, 0.25) is 0 Å². The van der Waals surface area contributed by atoms with E-state index in [9.17, 15) is 9.59 Å². The lowest BCUT2D eigenvalue weighted by Gasteiger charge is -2.32. The van der Waals surface area contributed by atoms with Crippen molar-refractivity contribution in [2.24, 2.45) is 5.92 Å². The third-order valence-corrected chi connectivity index (χ3v) is 5.56. The van der Waals surface area contributed by atoms with Crippen LogP contribution in [-0.4, -0.2) is 47.7 Å². The Labute approximate surface area is 164 Å². The summed E-state index contributed by atoms with van der Waals surface area (Å²) in [6, 6.07) is 13.8. The molecule has 0 spiro atoms. The van der Waals surface area contributed by atoms with Crippen LogP contribution in [0.4, 0.5) is 0 Å². The molecule has 27 heavy (non-hydrogen) atoms. The van der Waals surface area contributed by atoms with Crippen LogP contribution in [0.1, 0.15) is 28.8 Å². The minimum atomic E-state index is -0.500. The molecule has 142 valence electrons. The first-order chi connectivity index (χ1) is 13.2. The van der Waals surface area contributed by atoms with E-state index in [1.54, 1.807) is 23.2 Å². The van der Waals surface area contributed by atoms with Crippen molar-refractivity contribution in [2.45, 2.75) is 24.3 Å². The first-order valence-electron chi connectivity index (χ1n) is 9.15. The highest BCUT2D eigenvalue weighted by atomic mass is 32.2. The number of piperidine rings is 1. The fraction of sp³-hybridized carbons (Fsp3) is 0.381. The van der Waals surface area contributed by atoms with Crippen molar-refractivity contribution < 1.29 is 14.3 Å². The van der Waals surface area contributed by atoms with Gasteiger partial charge in [0.1, 0.15) is 5.03 Å². The molecule has 3 rings (SSSR count). The Morgan fingerprint density at radius 2 is 1.89 bits per heavy atom. The van der Waals surface area contributed by atoms with E-state index < -0.39 is 5.97 Å². The molecule has 1 aliphatic rings. The second-order valence-electron chi connectivity index (χ2n) is 6.65. The first-order valence-corrected chi connectivity index (χ1v) is 10.4. The fourth-order valence-corrected chi connectivity index (χ4v) is 3.88. The third kappa shape index (κ3) is 5.32. The van der Waals surface area contributed by atoms with Gasteiger partial charge in [-0.2, -0.15) is 0 Å². The number of rotatable bonds is 6. The number of likely N-dealkylation sites (tertiary alicyclic amines) is 1. The molecule has 0 bridgehead atoms. The van der Waals surface area contributed by atoms with Gasteiger partial charge in [-0.25, -0.2) is 9.78 Å². The monoisotopic (exact) mass is 384 g/mol. The summed E-state index contributed by atoms with van der Waals surface area (Å²) in [7, 11) is 0. The maximum absolute atomic E-state index is 12.4. The molecule has 0 atom stereocenters. The zero-order valence-corrected chi connectivity index (χ0v) is 16.3. The molecule has 1 saturated heterocycles. The van der Waals surface area contributed by atoms with Crippen LogP contribution < -0.4 is 0 Å². The highest BCUT2D eigenvalue weighted by molar-refractivity contribution is 7.98. The summed E-state index contributed by atoms with van der Waals surface area (Å²) in [5, 5.41) is 0.608. The summed E-state index contributed by atoms with van der Waals surface area (Å²) in [4.78, 5) is 30.5. The van der Waals surface area contributed by atoms with Gasteiger partial charge in [0.25, 0.3) is 5.91 Å². The van der Waals surface area contributed by atoms with Gasteiger partial charge in [-0.1, -0.05) is 30.3 Å². The van der Waals surface area contributed by atoms with Crippen molar-refractivity contribution in [3.63, 3.8) is 0 Å². The SMILES string of the molecule is CSc1ncccc1C(=O)OCC(=O)N1CCC(Cc2ccccc2)CC1. The van der Waals surface area contributed by atoms with Crippen molar-refractivity contribution in [1.29, 1.82) is 0 Å². The number of carbonyl (C=O) groups is 2. The van der Waals surface area contributed by atoms with Gasteiger partial charge in [0, 0.05) is 19.3 Å². The molecule has 0 radical (unpaired) electrons. The lowest BCUT2D eigenvalue weighted by atomic mass is 9.90. The number of thioether (sulfide) groups is 1. The van der Waals surface area contributed by atoms with Crippen LogP contribution >= 0.6 is 11.8 Å². The lowest BCUT2D eigenvalue weighted by Crippen LogP contribution is -2.41. The normalized spacial score (nSPS) is 14.8. The zero-order chi connectivity index (χ0) is 19.1. The van der Waals surface area contributed by atoms with E-state index in [0.29, 0.717) is 16.5 Å². The fourth-order valence-electron chi connectivity index (χ4n) is 3.34. The van der Waals surface area contributed by atoms with Gasteiger partial charge in [0.15, 0.2) is 6.61 Å². The smallest absolute Gasteiger partial charge is 0.341 e. The summed E-state index contributed by atoms with van der Waals surface area (Å²) >= 11 is 1.38. The number of ether oxygens (including phenoxy) is 1. The third-order valence-electron chi connectivity index (χ3n) is 4.85. The average Bonchev–Trinajstić information content (AvgIpc) is 2.73. The van der Waals surface area contributed by atoms with Crippen LogP contribution in [-0.2, 0) is 16.0 Å². The Bertz CT molecular complexity index is 774. The van der Waals surface area contributed by atoms with Gasteiger partial charge in [-0.3, -0.25) is 4.79 Å². The van der Waals surface area contributed by atoms with E-state index >= 15 is 0 Å². The number of esters is 1. The van der Waals surface area contributed by atoms with E-state index in [1.165, 1.54) is 17.3 Å². The predicted molar refractivity (Wildman–Crippen MR) is 106 cm³/mol. The summed E-state index contributed by atoms with van der Waals surface area (Å²) in [6.45, 7) is 1.22. The Morgan fingerprint density at radius 1 is 1.15 bits per heavy atom. The van der Waals surface area contributed by atoms with Gasteiger partial charge < -0.3 is 9.64 Å². The second kappa shape index (κ2) is 9.55. The van der Waals surface area contributed by atoms with Gasteiger partial charge >= 0.3 is 5.97 Å². The summed E-state index contributed by atoms with van der Waals surface area (Å²) in [6.07, 6.45) is 6.50. The maximum Gasteiger partial charge on any atom is 0.341 e. The Hall–Kier alpha value is -2.34. The topological polar surface area (TPSA) is 59.5 Å². The number of amides is 1. The maximum atomic E-state index is 12.4. The highest BCUT2D eigenvalue weighted by Crippen LogP contribution is 2.22. The minimum Gasteiger partial charge on any atom is -0.452 e. The van der Waals surface area contributed by atoms with Crippen molar-refractivity contribution in [3.8, 4) is 0 Å². The molecule has 1 aromatic heterocycles.